The second kappa shape index (κ2) is 11.3. The van der Waals surface area contributed by atoms with Crippen molar-refractivity contribution in [3.63, 3.8) is 0 Å². The molecule has 1 aromatic carbocycles. The highest BCUT2D eigenvalue weighted by Gasteiger charge is 2.65. The summed E-state index contributed by atoms with van der Waals surface area (Å²) in [6.45, 7) is 9.38. The lowest BCUT2D eigenvalue weighted by molar-refractivity contribution is -0.149. The zero-order valence-corrected chi connectivity index (χ0v) is 24.0. The Balaban J connectivity index is 1.30. The molecule has 0 bridgehead atoms. The molecule has 0 radical (unpaired) electrons. The van der Waals surface area contributed by atoms with Crippen LogP contribution in [0, 0.1) is 11.8 Å². The summed E-state index contributed by atoms with van der Waals surface area (Å²) in [6.07, 6.45) is -0.108. The van der Waals surface area contributed by atoms with Gasteiger partial charge in [-0.2, -0.15) is 9.97 Å². The van der Waals surface area contributed by atoms with Crippen LogP contribution < -0.4 is 20.3 Å². The first kappa shape index (κ1) is 28.3. The second-order valence-corrected chi connectivity index (χ2v) is 12.3. The molecule has 3 aromatic rings. The first-order valence-corrected chi connectivity index (χ1v) is 15.1. The number of hydrogen-bond donors (Lipinski definition) is 2. The Bertz CT molecular complexity index is 1400. The van der Waals surface area contributed by atoms with Crippen molar-refractivity contribution < 1.29 is 32.8 Å². The van der Waals surface area contributed by atoms with Gasteiger partial charge in [0.05, 0.1) is 31.2 Å². The zero-order valence-electron chi connectivity index (χ0n) is 23.1. The minimum atomic E-state index is -3.68. The number of benzene rings is 1. The van der Waals surface area contributed by atoms with E-state index in [1.54, 1.807) is 39.2 Å². The predicted octanol–water partition coefficient (Wildman–Crippen LogP) is 3.52. The summed E-state index contributed by atoms with van der Waals surface area (Å²) >= 11 is 0. The number of carbonyl (C=O) groups is 1. The molecule has 2 aliphatic rings. The smallest absolute Gasteiger partial charge is 0.323 e. The Labute approximate surface area is 232 Å². The molecule has 1 saturated carbocycles. The Hall–Kier alpha value is -3.25. The van der Waals surface area contributed by atoms with Gasteiger partial charge in [-0.05, 0) is 39.8 Å². The zero-order chi connectivity index (χ0) is 28.6. The van der Waals surface area contributed by atoms with Gasteiger partial charge in [0.2, 0.25) is 11.8 Å². The Morgan fingerprint density at radius 2 is 1.95 bits per heavy atom. The van der Waals surface area contributed by atoms with E-state index in [1.165, 1.54) is 0 Å². The lowest BCUT2D eigenvalue weighted by atomic mass is 10.1. The van der Waals surface area contributed by atoms with Crippen LogP contribution in [-0.4, -0.2) is 62.8 Å². The van der Waals surface area contributed by atoms with Crippen LogP contribution in [0.3, 0.4) is 0 Å². The van der Waals surface area contributed by atoms with Gasteiger partial charge in [-0.3, -0.25) is 13.9 Å². The molecule has 3 unspecified atom stereocenters. The predicted molar refractivity (Wildman–Crippen MR) is 146 cm³/mol. The number of fused-ring (bicyclic) bond motifs is 2. The molecule has 7 atom stereocenters. The van der Waals surface area contributed by atoms with E-state index < -0.39 is 31.9 Å². The van der Waals surface area contributed by atoms with Crippen LogP contribution in [0.15, 0.2) is 36.7 Å². The van der Waals surface area contributed by atoms with Gasteiger partial charge in [0.15, 0.2) is 17.5 Å². The summed E-state index contributed by atoms with van der Waals surface area (Å²) in [5, 5.41) is 2.85. The number of anilines is 1. The molecule has 2 fully saturated rings. The molecule has 14 heteroatoms. The molecule has 1 aliphatic carbocycles. The molecular formula is C26H35N6O7P. The summed E-state index contributed by atoms with van der Waals surface area (Å²) in [5.41, 5.74) is 6.92. The van der Waals surface area contributed by atoms with Crippen LogP contribution in [0.4, 0.5) is 5.95 Å². The SMILES string of the molecule is CCOc1nc(N)nc2c1ncn2[C@@H]1O[C@@H]2C(OP(=O)(COc3ccccc3)N[C@H](C)C(=O)OC(C)C)C2[C@@H]1C. The molecule has 216 valence electrons. The van der Waals surface area contributed by atoms with Gasteiger partial charge in [0, 0.05) is 11.8 Å². The van der Waals surface area contributed by atoms with Crippen molar-refractivity contribution in [1.29, 1.82) is 0 Å². The summed E-state index contributed by atoms with van der Waals surface area (Å²) in [6, 6.07) is 8.12. The van der Waals surface area contributed by atoms with Crippen LogP contribution in [-0.2, 0) is 23.4 Å². The average Bonchev–Trinajstić information content (AvgIpc) is 3.20. The summed E-state index contributed by atoms with van der Waals surface area (Å²) < 4.78 is 45.0. The van der Waals surface area contributed by atoms with Crippen molar-refractivity contribution in [2.75, 3.05) is 18.7 Å². The highest BCUT2D eigenvalue weighted by Crippen LogP contribution is 2.60. The minimum Gasteiger partial charge on any atom is -0.482 e. The summed E-state index contributed by atoms with van der Waals surface area (Å²) in [5.74, 6) is 0.315. The monoisotopic (exact) mass is 574 g/mol. The third-order valence-electron chi connectivity index (χ3n) is 6.79. The molecule has 3 N–H and O–H groups in total. The molecule has 1 aliphatic heterocycles. The van der Waals surface area contributed by atoms with Crippen LogP contribution in [0.25, 0.3) is 11.2 Å². The number of imidazole rings is 1. The summed E-state index contributed by atoms with van der Waals surface area (Å²) in [7, 11) is -3.68. The van der Waals surface area contributed by atoms with Crippen LogP contribution in [0.5, 0.6) is 11.6 Å². The molecule has 3 heterocycles. The van der Waals surface area contributed by atoms with E-state index in [0.717, 1.165) is 0 Å². The molecule has 2 aromatic heterocycles. The molecule has 1 saturated heterocycles. The van der Waals surface area contributed by atoms with Crippen LogP contribution >= 0.6 is 7.52 Å². The Morgan fingerprint density at radius 3 is 2.60 bits per heavy atom. The van der Waals surface area contributed by atoms with Gasteiger partial charge in [0.25, 0.3) is 0 Å². The van der Waals surface area contributed by atoms with Crippen molar-refractivity contribution in [2.45, 2.75) is 65.2 Å². The third kappa shape index (κ3) is 5.78. The normalized spacial score (nSPS) is 25.8. The topological polar surface area (TPSA) is 162 Å². The number of hydrogen-bond acceptors (Lipinski definition) is 11. The van der Waals surface area contributed by atoms with Crippen LogP contribution in [0.2, 0.25) is 0 Å². The van der Waals surface area contributed by atoms with Gasteiger partial charge < -0.3 is 29.2 Å². The minimum absolute atomic E-state index is 0.0362. The number of nitrogens with zero attached hydrogens (tertiary/aromatic N) is 4. The van der Waals surface area contributed by atoms with E-state index in [-0.39, 0.29) is 36.3 Å². The first-order chi connectivity index (χ1) is 19.1. The number of ether oxygens (including phenoxy) is 4. The number of rotatable bonds is 12. The van der Waals surface area contributed by atoms with Crippen molar-refractivity contribution in [2.24, 2.45) is 11.8 Å². The maximum Gasteiger partial charge on any atom is 0.323 e. The fraction of sp³-hybridized carbons (Fsp3) is 0.538. The van der Waals surface area contributed by atoms with Gasteiger partial charge in [0.1, 0.15) is 18.0 Å². The number of nitrogens with one attached hydrogen (secondary N) is 1. The average molecular weight is 575 g/mol. The Morgan fingerprint density at radius 1 is 1.20 bits per heavy atom. The lowest BCUT2D eigenvalue weighted by Crippen LogP contribution is -2.36. The largest absolute Gasteiger partial charge is 0.482 e. The number of carbonyl (C=O) groups excluding carboxylic acids is 1. The van der Waals surface area contributed by atoms with Crippen molar-refractivity contribution >= 4 is 30.6 Å². The van der Waals surface area contributed by atoms with E-state index >= 15 is 0 Å². The quantitative estimate of drug-likeness (QED) is 0.239. The molecule has 0 spiro atoms. The fourth-order valence-electron chi connectivity index (χ4n) is 4.95. The molecular weight excluding hydrogens is 539 g/mol. The highest BCUT2D eigenvalue weighted by molar-refractivity contribution is 7.56. The van der Waals surface area contributed by atoms with E-state index in [0.29, 0.717) is 29.4 Å². The van der Waals surface area contributed by atoms with Crippen molar-refractivity contribution in [3.8, 4) is 11.6 Å². The van der Waals surface area contributed by atoms with Crippen molar-refractivity contribution in [3.05, 3.63) is 36.7 Å². The standard InChI is InChI=1S/C26H35N6O7P/c1-6-35-23-19-22(29-26(27)30-23)32(12-28-19)24-15(4)18-20(38-24)21(18)39-40(34,13-36-17-10-8-7-9-11-17)31-16(5)25(33)37-14(2)3/h7-12,14-16,18,20-21,24H,6,13H2,1-5H3,(H,31,34)(H2,27,29,30)/t15-,16+,18?,20-,21?,24+,40?/m0/s1. The number of aromatic nitrogens is 4. The fourth-order valence-corrected chi connectivity index (χ4v) is 6.82. The number of para-hydroxylation sites is 1. The van der Waals surface area contributed by atoms with Gasteiger partial charge >= 0.3 is 13.5 Å². The third-order valence-corrected chi connectivity index (χ3v) is 8.62. The van der Waals surface area contributed by atoms with Crippen molar-refractivity contribution in [1.82, 2.24) is 24.6 Å². The first-order valence-electron chi connectivity index (χ1n) is 13.3. The summed E-state index contributed by atoms with van der Waals surface area (Å²) in [4.78, 5) is 25.4. The van der Waals surface area contributed by atoms with Gasteiger partial charge in [-0.1, -0.05) is 25.1 Å². The van der Waals surface area contributed by atoms with E-state index in [9.17, 15) is 9.36 Å². The lowest BCUT2D eigenvalue weighted by Gasteiger charge is -2.26. The van der Waals surface area contributed by atoms with Gasteiger partial charge in [-0.25, -0.2) is 10.1 Å². The highest BCUT2D eigenvalue weighted by atomic mass is 31.2. The maximum absolute atomic E-state index is 14.0. The van der Waals surface area contributed by atoms with E-state index in [2.05, 4.69) is 20.0 Å². The molecule has 5 rings (SSSR count). The Kier molecular flexibility index (Phi) is 8.01. The second-order valence-electron chi connectivity index (χ2n) is 10.2. The molecule has 0 amide bonds. The van der Waals surface area contributed by atoms with Gasteiger partial charge in [-0.15, -0.1) is 0 Å². The molecule has 13 nitrogen and oxygen atoms in total. The van der Waals surface area contributed by atoms with Crippen LogP contribution in [0.1, 0.15) is 40.8 Å². The number of nitrogens with two attached hydrogens (primary N) is 1. The number of esters is 1. The maximum atomic E-state index is 14.0. The molecule has 40 heavy (non-hydrogen) atoms. The van der Waals surface area contributed by atoms with E-state index in [1.807, 2.05) is 36.6 Å². The number of nitrogen functional groups attached to an aromatic ring is 1. The van der Waals surface area contributed by atoms with E-state index in [4.69, 9.17) is 29.2 Å².